The van der Waals surface area contributed by atoms with Crippen molar-refractivity contribution in [1.82, 2.24) is 16.5 Å². The highest BCUT2D eigenvalue weighted by atomic mass is 19.4. The zero-order chi connectivity index (χ0) is 28.0. The van der Waals surface area contributed by atoms with Crippen LogP contribution < -0.4 is 16.5 Å². The zero-order valence-electron chi connectivity index (χ0n) is 22.6. The van der Waals surface area contributed by atoms with E-state index < -0.39 is 17.5 Å². The molecule has 0 spiro atoms. The predicted octanol–water partition coefficient (Wildman–Crippen LogP) is 6.28. The van der Waals surface area contributed by atoms with Gasteiger partial charge in [-0.3, -0.25) is 5.43 Å². The number of rotatable bonds is 10. The second-order valence-electron chi connectivity index (χ2n) is 9.19. The normalized spacial score (nSPS) is 13.3. The van der Waals surface area contributed by atoms with Gasteiger partial charge < -0.3 is 9.84 Å². The third kappa shape index (κ3) is 10.3. The van der Waals surface area contributed by atoms with E-state index in [2.05, 4.69) is 61.1 Å². The fourth-order valence-corrected chi connectivity index (χ4v) is 3.65. The summed E-state index contributed by atoms with van der Waals surface area (Å²) in [5, 5.41) is 13.5. The van der Waals surface area contributed by atoms with E-state index in [1.807, 2.05) is 12.1 Å². The average Bonchev–Trinajstić information content (AvgIpc) is 3.43. The maximum atomic E-state index is 13.3. The van der Waals surface area contributed by atoms with E-state index >= 15 is 0 Å². The molecular weight excluding hydrogens is 493 g/mol. The molecule has 0 amide bonds. The standard InChI is InChI=1S/C23H25F3N4O.C6H14O/c1-3-15(2)5-4-6-18-13-19(22-27-29-30-28-22)10-8-16(18)7-9-17-11-12-20(31)14-21(17)23(24,25)26;1-3-5-7-6-4-2/h8,10-15,29-31H,3-6H2,1-2H3,(H,27,28);3-6H2,1-2H3. The van der Waals surface area contributed by atoms with E-state index in [1.54, 1.807) is 6.07 Å². The molecule has 0 fully saturated rings. The predicted molar refractivity (Wildman–Crippen MR) is 145 cm³/mol. The Labute approximate surface area is 224 Å². The van der Waals surface area contributed by atoms with Crippen molar-refractivity contribution in [2.24, 2.45) is 11.0 Å². The van der Waals surface area contributed by atoms with Crippen molar-refractivity contribution in [1.29, 1.82) is 0 Å². The highest BCUT2D eigenvalue weighted by Crippen LogP contribution is 2.34. The van der Waals surface area contributed by atoms with Crippen LogP contribution in [0.5, 0.6) is 5.75 Å². The molecule has 0 radical (unpaired) electrons. The van der Waals surface area contributed by atoms with Gasteiger partial charge in [-0.1, -0.05) is 52.4 Å². The lowest BCUT2D eigenvalue weighted by Gasteiger charge is -2.11. The number of halogens is 3. The van der Waals surface area contributed by atoms with Crippen LogP contribution in [0.3, 0.4) is 0 Å². The fraction of sp³-hybridized carbons (Fsp3) is 0.483. The lowest BCUT2D eigenvalue weighted by atomic mass is 9.95. The van der Waals surface area contributed by atoms with Gasteiger partial charge in [-0.05, 0) is 73.6 Å². The first-order valence-corrected chi connectivity index (χ1v) is 13.2. The molecule has 1 aliphatic rings. The van der Waals surface area contributed by atoms with Crippen molar-refractivity contribution >= 4 is 5.84 Å². The lowest BCUT2D eigenvalue weighted by Crippen LogP contribution is -2.35. The number of benzene rings is 2. The Kier molecular flexibility index (Phi) is 13.0. The van der Waals surface area contributed by atoms with Gasteiger partial charge in [0.25, 0.3) is 0 Å². The van der Waals surface area contributed by atoms with Crippen LogP contribution in [0.1, 0.15) is 87.6 Å². The van der Waals surface area contributed by atoms with Gasteiger partial charge >= 0.3 is 6.18 Å². The van der Waals surface area contributed by atoms with Gasteiger partial charge in [-0.15, -0.1) is 10.6 Å². The molecular formula is C29H39F3N4O2. The number of hydrogen-bond donors (Lipinski definition) is 4. The van der Waals surface area contributed by atoms with Crippen molar-refractivity contribution in [2.45, 2.75) is 72.4 Å². The highest BCUT2D eigenvalue weighted by molar-refractivity contribution is 5.99. The molecule has 1 aliphatic heterocycles. The minimum absolute atomic E-state index is 0.171. The molecule has 0 saturated carbocycles. The smallest absolute Gasteiger partial charge is 0.417 e. The number of aryl methyl sites for hydroxylation is 1. The maximum absolute atomic E-state index is 13.3. The largest absolute Gasteiger partial charge is 0.508 e. The van der Waals surface area contributed by atoms with E-state index in [4.69, 9.17) is 4.74 Å². The molecule has 0 bridgehead atoms. The first-order chi connectivity index (χ1) is 18.2. The number of hydrazine groups is 2. The van der Waals surface area contributed by atoms with Crippen molar-refractivity contribution in [3.05, 3.63) is 64.2 Å². The van der Waals surface area contributed by atoms with Crippen LogP contribution in [0.4, 0.5) is 13.2 Å². The number of nitrogens with one attached hydrogen (secondary N) is 3. The fourth-order valence-electron chi connectivity index (χ4n) is 3.65. The Hall–Kier alpha value is -3.22. The van der Waals surface area contributed by atoms with E-state index in [0.29, 0.717) is 23.4 Å². The first kappa shape index (κ1) is 31.0. The second-order valence-corrected chi connectivity index (χ2v) is 9.19. The molecule has 2 aromatic rings. The van der Waals surface area contributed by atoms with Crippen LogP contribution in [-0.4, -0.2) is 24.2 Å². The summed E-state index contributed by atoms with van der Waals surface area (Å²) in [7, 11) is 0. The maximum Gasteiger partial charge on any atom is 0.417 e. The number of hydrogen-bond acceptors (Lipinski definition) is 6. The Bertz CT molecular complexity index is 1100. The van der Waals surface area contributed by atoms with Gasteiger partial charge in [0.05, 0.1) is 5.56 Å². The van der Waals surface area contributed by atoms with Gasteiger partial charge in [-0.25, -0.2) is 5.53 Å². The van der Waals surface area contributed by atoms with E-state index in [-0.39, 0.29) is 5.56 Å². The summed E-state index contributed by atoms with van der Waals surface area (Å²) in [4.78, 5) is 0. The van der Waals surface area contributed by atoms with Gasteiger partial charge in [0.1, 0.15) is 5.75 Å². The molecule has 9 heteroatoms. The van der Waals surface area contributed by atoms with Crippen LogP contribution in [0.2, 0.25) is 0 Å². The molecule has 0 saturated heterocycles. The number of phenolic OH excluding ortho intramolecular Hbond substituents is 1. The summed E-state index contributed by atoms with van der Waals surface area (Å²) < 4.78 is 45.1. The van der Waals surface area contributed by atoms with Gasteiger partial charge in [-0.2, -0.15) is 13.2 Å². The van der Waals surface area contributed by atoms with Crippen LogP contribution >= 0.6 is 0 Å². The Morgan fingerprint density at radius 1 is 1.00 bits per heavy atom. The van der Waals surface area contributed by atoms with E-state index in [0.717, 1.165) is 62.9 Å². The monoisotopic (exact) mass is 532 g/mol. The summed E-state index contributed by atoms with van der Waals surface area (Å²) in [6, 6.07) is 8.68. The van der Waals surface area contributed by atoms with Crippen LogP contribution in [-0.2, 0) is 17.3 Å². The Morgan fingerprint density at radius 2 is 1.68 bits per heavy atom. The number of phenols is 1. The molecule has 1 heterocycles. The van der Waals surface area contributed by atoms with Crippen molar-refractivity contribution < 1.29 is 23.0 Å². The van der Waals surface area contributed by atoms with E-state index in [9.17, 15) is 18.3 Å². The average molecular weight is 533 g/mol. The molecule has 0 aliphatic carbocycles. The van der Waals surface area contributed by atoms with Crippen LogP contribution in [0, 0.1) is 17.8 Å². The lowest BCUT2D eigenvalue weighted by molar-refractivity contribution is -0.137. The molecule has 0 aromatic heterocycles. The molecule has 4 N–H and O–H groups in total. The summed E-state index contributed by atoms with van der Waals surface area (Å²) in [5.41, 5.74) is 9.55. The van der Waals surface area contributed by atoms with Gasteiger partial charge in [0.2, 0.25) is 0 Å². The summed E-state index contributed by atoms with van der Waals surface area (Å²) in [5.74, 6) is 6.35. The molecule has 1 atom stereocenters. The van der Waals surface area contributed by atoms with Crippen LogP contribution in [0.15, 0.2) is 41.5 Å². The molecule has 2 aromatic carbocycles. The molecule has 208 valence electrons. The summed E-state index contributed by atoms with van der Waals surface area (Å²) in [6.45, 7) is 10.4. The topological polar surface area (TPSA) is 77.9 Å². The SMILES string of the molecule is CCC(C)CCCc1cc(C2=NNNN2)ccc1C#Cc1ccc(O)cc1C(F)(F)F.CCCOCCC. The highest BCUT2D eigenvalue weighted by Gasteiger charge is 2.33. The minimum atomic E-state index is -4.60. The van der Waals surface area contributed by atoms with Gasteiger partial charge in [0.15, 0.2) is 5.84 Å². The number of alkyl halides is 3. The van der Waals surface area contributed by atoms with E-state index in [1.165, 1.54) is 12.1 Å². The molecule has 38 heavy (non-hydrogen) atoms. The molecule has 6 nitrogen and oxygen atoms in total. The van der Waals surface area contributed by atoms with Crippen molar-refractivity contribution in [3.8, 4) is 17.6 Å². The summed E-state index contributed by atoms with van der Waals surface area (Å²) >= 11 is 0. The number of amidine groups is 1. The van der Waals surface area contributed by atoms with Crippen molar-refractivity contribution in [3.63, 3.8) is 0 Å². The van der Waals surface area contributed by atoms with Gasteiger partial charge in [0, 0.05) is 29.9 Å². The zero-order valence-corrected chi connectivity index (χ0v) is 22.6. The quantitative estimate of drug-likeness (QED) is 0.214. The number of hydrazone groups is 1. The minimum Gasteiger partial charge on any atom is -0.508 e. The third-order valence-electron chi connectivity index (χ3n) is 5.96. The van der Waals surface area contributed by atoms with Crippen LogP contribution in [0.25, 0.3) is 0 Å². The second kappa shape index (κ2) is 15.9. The molecule has 1 unspecified atom stereocenters. The number of aromatic hydroxyl groups is 1. The first-order valence-electron chi connectivity index (χ1n) is 13.2. The number of nitrogens with zero attached hydrogens (tertiary/aromatic N) is 1. The molecule has 3 rings (SSSR count). The van der Waals surface area contributed by atoms with Crippen molar-refractivity contribution in [2.75, 3.05) is 13.2 Å². The third-order valence-corrected chi connectivity index (χ3v) is 5.96. The Morgan fingerprint density at radius 3 is 2.29 bits per heavy atom. The Balaban J connectivity index is 0.000000638. The number of ether oxygens (including phenoxy) is 1. The summed E-state index contributed by atoms with van der Waals surface area (Å²) in [6.07, 6.45) is 1.56.